The van der Waals surface area contributed by atoms with Crippen molar-refractivity contribution in [2.45, 2.75) is 25.8 Å². The number of carbonyl (C=O) groups excluding carboxylic acids is 1. The van der Waals surface area contributed by atoms with Gasteiger partial charge in [-0.2, -0.15) is 0 Å². The molecule has 0 aliphatic rings. The van der Waals surface area contributed by atoms with Gasteiger partial charge in [0.15, 0.2) is 0 Å². The monoisotopic (exact) mass is 288 g/mol. The molecular formula is C11H14BrFN2O. The van der Waals surface area contributed by atoms with Gasteiger partial charge in [-0.3, -0.25) is 4.79 Å². The molecule has 0 heterocycles. The van der Waals surface area contributed by atoms with Crippen molar-refractivity contribution in [1.29, 1.82) is 0 Å². The third-order valence-corrected chi connectivity index (χ3v) is 2.52. The van der Waals surface area contributed by atoms with Crippen molar-refractivity contribution in [2.24, 2.45) is 5.73 Å². The number of hydrogen-bond acceptors (Lipinski definition) is 2. The van der Waals surface area contributed by atoms with E-state index in [0.29, 0.717) is 12.8 Å². The fraction of sp³-hybridized carbons (Fsp3) is 0.364. The second-order valence-corrected chi connectivity index (χ2v) is 4.60. The van der Waals surface area contributed by atoms with Crippen LogP contribution in [0.4, 0.5) is 10.1 Å². The number of benzene rings is 1. The molecule has 0 aromatic heterocycles. The summed E-state index contributed by atoms with van der Waals surface area (Å²) in [6, 6.07) is 4.37. The molecule has 0 bridgehead atoms. The molecule has 88 valence electrons. The Hall–Kier alpha value is -0.940. The van der Waals surface area contributed by atoms with Crippen LogP contribution >= 0.6 is 15.9 Å². The molecule has 5 heteroatoms. The summed E-state index contributed by atoms with van der Waals surface area (Å²) in [5.74, 6) is -0.674. The van der Waals surface area contributed by atoms with Crippen LogP contribution in [-0.2, 0) is 4.79 Å². The molecule has 16 heavy (non-hydrogen) atoms. The minimum atomic E-state index is -0.447. The number of carbonyl (C=O) groups is 1. The van der Waals surface area contributed by atoms with Crippen LogP contribution in [0.3, 0.4) is 0 Å². The van der Waals surface area contributed by atoms with E-state index in [1.807, 2.05) is 6.92 Å². The number of halogens is 2. The maximum atomic E-state index is 13.3. The smallest absolute Gasteiger partial charge is 0.224 e. The first-order valence-electron chi connectivity index (χ1n) is 4.99. The van der Waals surface area contributed by atoms with Crippen LogP contribution in [0.2, 0.25) is 0 Å². The van der Waals surface area contributed by atoms with Crippen molar-refractivity contribution < 1.29 is 9.18 Å². The van der Waals surface area contributed by atoms with E-state index in [2.05, 4.69) is 21.2 Å². The van der Waals surface area contributed by atoms with E-state index >= 15 is 0 Å². The van der Waals surface area contributed by atoms with Crippen LogP contribution < -0.4 is 11.1 Å². The molecule has 3 N–H and O–H groups in total. The van der Waals surface area contributed by atoms with E-state index in [9.17, 15) is 9.18 Å². The summed E-state index contributed by atoms with van der Waals surface area (Å²) in [5, 5.41) is 2.51. The molecule has 3 nitrogen and oxygen atoms in total. The highest BCUT2D eigenvalue weighted by Crippen LogP contribution is 2.20. The Bertz CT molecular complexity index is 382. The average Bonchev–Trinajstić information content (AvgIpc) is 2.20. The highest BCUT2D eigenvalue weighted by atomic mass is 79.9. The lowest BCUT2D eigenvalue weighted by Crippen LogP contribution is -2.19. The Morgan fingerprint density at radius 3 is 2.94 bits per heavy atom. The molecule has 1 atom stereocenters. The minimum absolute atomic E-state index is 0.0295. The fourth-order valence-corrected chi connectivity index (χ4v) is 1.53. The van der Waals surface area contributed by atoms with Gasteiger partial charge in [-0.15, -0.1) is 0 Å². The first-order chi connectivity index (χ1) is 7.49. The Balaban J connectivity index is 2.59. The average molecular weight is 289 g/mol. The fourth-order valence-electron chi connectivity index (χ4n) is 1.16. The number of nitrogens with two attached hydrogens (primary N) is 1. The lowest BCUT2D eigenvalue weighted by atomic mass is 10.2. The zero-order chi connectivity index (χ0) is 12.1. The summed E-state index contributed by atoms with van der Waals surface area (Å²) in [7, 11) is 0. The van der Waals surface area contributed by atoms with E-state index in [0.717, 1.165) is 4.47 Å². The number of hydrogen-bond donors (Lipinski definition) is 2. The summed E-state index contributed by atoms with van der Waals surface area (Å²) in [5.41, 5.74) is 5.71. The molecular weight excluding hydrogens is 275 g/mol. The SMILES string of the molecule is CC(N)CCC(=O)Nc1cc(Br)ccc1F. The van der Waals surface area contributed by atoms with E-state index in [4.69, 9.17) is 5.73 Å². The summed E-state index contributed by atoms with van der Waals surface area (Å²) in [6.07, 6.45) is 0.880. The van der Waals surface area contributed by atoms with Crippen molar-refractivity contribution >= 4 is 27.5 Å². The number of nitrogens with one attached hydrogen (secondary N) is 1. The van der Waals surface area contributed by atoms with Gasteiger partial charge in [0, 0.05) is 16.9 Å². The molecule has 1 aromatic rings. The van der Waals surface area contributed by atoms with E-state index in [1.54, 1.807) is 6.07 Å². The standard InChI is InChI=1S/C11H14BrFN2O/c1-7(14)2-5-11(16)15-10-6-8(12)3-4-9(10)13/h3-4,6-7H,2,5,14H2,1H3,(H,15,16). The van der Waals surface area contributed by atoms with Crippen LogP contribution in [0, 0.1) is 5.82 Å². The number of amides is 1. The highest BCUT2D eigenvalue weighted by Gasteiger charge is 2.08. The summed E-state index contributed by atoms with van der Waals surface area (Å²) in [4.78, 5) is 11.4. The number of rotatable bonds is 4. The van der Waals surface area contributed by atoms with Gasteiger partial charge in [0.2, 0.25) is 5.91 Å². The van der Waals surface area contributed by atoms with Crippen molar-refractivity contribution in [2.75, 3.05) is 5.32 Å². The van der Waals surface area contributed by atoms with Crippen LogP contribution in [0.1, 0.15) is 19.8 Å². The summed E-state index contributed by atoms with van der Waals surface area (Å²) >= 11 is 3.21. The molecule has 0 radical (unpaired) electrons. The topological polar surface area (TPSA) is 55.1 Å². The Morgan fingerprint density at radius 1 is 1.62 bits per heavy atom. The maximum absolute atomic E-state index is 13.3. The highest BCUT2D eigenvalue weighted by molar-refractivity contribution is 9.10. The molecule has 1 amide bonds. The maximum Gasteiger partial charge on any atom is 0.224 e. The quantitative estimate of drug-likeness (QED) is 0.895. The molecule has 0 fully saturated rings. The molecule has 1 unspecified atom stereocenters. The second kappa shape index (κ2) is 5.96. The summed E-state index contributed by atoms with van der Waals surface area (Å²) in [6.45, 7) is 1.83. The summed E-state index contributed by atoms with van der Waals surface area (Å²) < 4.78 is 14.0. The normalized spacial score (nSPS) is 12.2. The molecule has 0 spiro atoms. The van der Waals surface area contributed by atoms with E-state index < -0.39 is 5.82 Å². The number of anilines is 1. The lowest BCUT2D eigenvalue weighted by Gasteiger charge is -2.08. The zero-order valence-corrected chi connectivity index (χ0v) is 10.6. The third kappa shape index (κ3) is 4.28. The van der Waals surface area contributed by atoms with Gasteiger partial charge in [-0.1, -0.05) is 15.9 Å². The van der Waals surface area contributed by atoms with Crippen molar-refractivity contribution in [3.05, 3.63) is 28.5 Å². The van der Waals surface area contributed by atoms with Crippen LogP contribution in [0.15, 0.2) is 22.7 Å². The Kier molecular flexibility index (Phi) is 4.89. The Labute approximate surface area is 102 Å². The van der Waals surface area contributed by atoms with Crippen LogP contribution in [0.5, 0.6) is 0 Å². The molecule has 0 saturated carbocycles. The van der Waals surface area contributed by atoms with Crippen molar-refractivity contribution in [3.63, 3.8) is 0 Å². The largest absolute Gasteiger partial charge is 0.328 e. The second-order valence-electron chi connectivity index (χ2n) is 3.69. The third-order valence-electron chi connectivity index (χ3n) is 2.03. The van der Waals surface area contributed by atoms with Gasteiger partial charge >= 0.3 is 0 Å². The minimum Gasteiger partial charge on any atom is -0.328 e. The molecule has 1 aromatic carbocycles. The van der Waals surface area contributed by atoms with Gasteiger partial charge < -0.3 is 11.1 Å². The van der Waals surface area contributed by atoms with Crippen LogP contribution in [0.25, 0.3) is 0 Å². The molecule has 0 aliphatic carbocycles. The molecule has 1 rings (SSSR count). The van der Waals surface area contributed by atoms with Gasteiger partial charge in [0.25, 0.3) is 0 Å². The van der Waals surface area contributed by atoms with Crippen molar-refractivity contribution in [1.82, 2.24) is 0 Å². The van der Waals surface area contributed by atoms with Crippen LogP contribution in [-0.4, -0.2) is 11.9 Å². The Morgan fingerprint density at radius 2 is 2.31 bits per heavy atom. The molecule has 0 saturated heterocycles. The predicted molar refractivity (Wildman–Crippen MR) is 65.6 cm³/mol. The van der Waals surface area contributed by atoms with Crippen molar-refractivity contribution in [3.8, 4) is 0 Å². The predicted octanol–water partition coefficient (Wildman–Crippen LogP) is 2.65. The molecule has 0 aliphatic heterocycles. The first kappa shape index (κ1) is 13.1. The van der Waals surface area contributed by atoms with Gasteiger partial charge in [0.05, 0.1) is 5.69 Å². The van der Waals surface area contributed by atoms with Gasteiger partial charge in [0.1, 0.15) is 5.82 Å². The lowest BCUT2D eigenvalue weighted by molar-refractivity contribution is -0.116. The van der Waals surface area contributed by atoms with Gasteiger partial charge in [-0.25, -0.2) is 4.39 Å². The zero-order valence-electron chi connectivity index (χ0n) is 8.97. The van der Waals surface area contributed by atoms with E-state index in [1.165, 1.54) is 12.1 Å². The first-order valence-corrected chi connectivity index (χ1v) is 5.79. The van der Waals surface area contributed by atoms with E-state index in [-0.39, 0.29) is 17.6 Å². The van der Waals surface area contributed by atoms with Gasteiger partial charge in [-0.05, 0) is 31.5 Å².